The summed E-state index contributed by atoms with van der Waals surface area (Å²) in [6.07, 6.45) is 2.56. The van der Waals surface area contributed by atoms with Crippen LogP contribution in [0, 0.1) is 0 Å². The molecule has 2 aliphatic rings. The number of ether oxygens (including phenoxy) is 2. The average molecular weight is 445 g/mol. The summed E-state index contributed by atoms with van der Waals surface area (Å²) in [6.45, 7) is 2.24. The Morgan fingerprint density at radius 1 is 0.968 bits per heavy atom. The topological polar surface area (TPSA) is 76.1 Å². The molecule has 0 saturated carbocycles. The molecule has 1 unspecified atom stereocenters. The summed E-state index contributed by atoms with van der Waals surface area (Å²) in [4.78, 5) is 15.0. The number of methoxy groups -OCH3 is 2. The zero-order valence-corrected chi connectivity index (χ0v) is 18.7. The molecule has 0 spiro atoms. The van der Waals surface area contributed by atoms with Crippen molar-refractivity contribution < 1.29 is 22.7 Å². The van der Waals surface area contributed by atoms with Crippen LogP contribution in [0.5, 0.6) is 11.5 Å². The van der Waals surface area contributed by atoms with E-state index in [0.29, 0.717) is 31.7 Å². The summed E-state index contributed by atoms with van der Waals surface area (Å²) in [7, 11) is -0.615. The maximum absolute atomic E-state index is 13.2. The molecule has 1 atom stereocenters. The van der Waals surface area contributed by atoms with E-state index in [9.17, 15) is 13.2 Å². The fourth-order valence-electron chi connectivity index (χ4n) is 4.35. The van der Waals surface area contributed by atoms with Gasteiger partial charge < -0.3 is 14.4 Å². The molecule has 2 heterocycles. The molecule has 1 amide bonds. The molecule has 2 aromatic rings. The predicted molar refractivity (Wildman–Crippen MR) is 117 cm³/mol. The van der Waals surface area contributed by atoms with Crippen molar-refractivity contribution in [3.05, 3.63) is 53.6 Å². The van der Waals surface area contributed by atoms with Crippen LogP contribution in [0.1, 0.15) is 41.1 Å². The minimum absolute atomic E-state index is 0.0636. The number of carbonyl (C=O) groups is 1. The molecule has 0 N–H and O–H groups in total. The normalized spacial score (nSPS) is 19.5. The van der Waals surface area contributed by atoms with Crippen LogP contribution >= 0.6 is 0 Å². The van der Waals surface area contributed by atoms with Crippen LogP contribution < -0.4 is 9.47 Å². The van der Waals surface area contributed by atoms with Gasteiger partial charge in [-0.3, -0.25) is 4.79 Å². The van der Waals surface area contributed by atoms with Gasteiger partial charge in [0.25, 0.3) is 5.91 Å². The number of hydrogen-bond acceptors (Lipinski definition) is 5. The summed E-state index contributed by atoms with van der Waals surface area (Å²) in [5.74, 6) is 1.16. The van der Waals surface area contributed by atoms with Gasteiger partial charge in [-0.2, -0.15) is 4.31 Å². The standard InChI is InChI=1S/C23H28N2O5S/c1-29-20-8-5-17(6-9-20)19-11-14-24(16-19)23(26)18-7-10-21(30-2)22(15-18)31(27,28)25-12-3-4-13-25/h5-10,15,19H,3-4,11-14,16H2,1-2H3. The molecular weight excluding hydrogens is 416 g/mol. The lowest BCUT2D eigenvalue weighted by atomic mass is 9.98. The number of hydrogen-bond donors (Lipinski definition) is 0. The SMILES string of the molecule is COc1ccc(C2CCN(C(=O)c3ccc(OC)c(S(=O)(=O)N4CCCC4)c3)C2)cc1. The molecule has 4 rings (SSSR count). The largest absolute Gasteiger partial charge is 0.497 e. The van der Waals surface area contributed by atoms with E-state index in [1.807, 2.05) is 24.3 Å². The summed E-state index contributed by atoms with van der Waals surface area (Å²) in [5.41, 5.74) is 1.54. The van der Waals surface area contributed by atoms with Crippen LogP contribution in [0.3, 0.4) is 0 Å². The van der Waals surface area contributed by atoms with Crippen LogP contribution in [0.4, 0.5) is 0 Å². The van der Waals surface area contributed by atoms with Crippen molar-refractivity contribution in [2.45, 2.75) is 30.1 Å². The first-order valence-electron chi connectivity index (χ1n) is 10.6. The van der Waals surface area contributed by atoms with E-state index in [1.165, 1.54) is 23.0 Å². The molecule has 2 fully saturated rings. The van der Waals surface area contributed by atoms with Gasteiger partial charge in [0.15, 0.2) is 0 Å². The minimum atomic E-state index is -3.70. The van der Waals surface area contributed by atoms with Crippen molar-refractivity contribution in [3.8, 4) is 11.5 Å². The van der Waals surface area contributed by atoms with Crippen LogP contribution in [0.25, 0.3) is 0 Å². The monoisotopic (exact) mass is 444 g/mol. The third-order valence-corrected chi connectivity index (χ3v) is 8.08. The average Bonchev–Trinajstić information content (AvgIpc) is 3.51. The van der Waals surface area contributed by atoms with E-state index in [1.54, 1.807) is 24.1 Å². The van der Waals surface area contributed by atoms with Gasteiger partial charge in [-0.05, 0) is 55.2 Å². The summed E-state index contributed by atoms with van der Waals surface area (Å²) >= 11 is 0. The minimum Gasteiger partial charge on any atom is -0.497 e. The quantitative estimate of drug-likeness (QED) is 0.684. The van der Waals surface area contributed by atoms with Crippen molar-refractivity contribution in [1.82, 2.24) is 9.21 Å². The van der Waals surface area contributed by atoms with Crippen molar-refractivity contribution in [1.29, 1.82) is 0 Å². The molecular formula is C23H28N2O5S. The van der Waals surface area contributed by atoms with E-state index in [-0.39, 0.29) is 22.5 Å². The maximum Gasteiger partial charge on any atom is 0.253 e. The Kier molecular flexibility index (Phi) is 6.20. The molecule has 7 nitrogen and oxygen atoms in total. The number of amides is 1. The summed E-state index contributed by atoms with van der Waals surface area (Å²) in [5, 5.41) is 0. The van der Waals surface area contributed by atoms with E-state index >= 15 is 0 Å². The van der Waals surface area contributed by atoms with Gasteiger partial charge in [0.2, 0.25) is 10.0 Å². The Bertz CT molecular complexity index is 1050. The number of rotatable bonds is 6. The van der Waals surface area contributed by atoms with Crippen molar-refractivity contribution in [3.63, 3.8) is 0 Å². The van der Waals surface area contributed by atoms with E-state index in [2.05, 4.69) is 0 Å². The lowest BCUT2D eigenvalue weighted by Crippen LogP contribution is -2.30. The third-order valence-electron chi connectivity index (χ3n) is 6.16. The molecule has 2 aromatic carbocycles. The molecule has 31 heavy (non-hydrogen) atoms. The fourth-order valence-corrected chi connectivity index (χ4v) is 6.05. The maximum atomic E-state index is 13.2. The van der Waals surface area contributed by atoms with Gasteiger partial charge in [-0.15, -0.1) is 0 Å². The molecule has 8 heteroatoms. The van der Waals surface area contributed by atoms with E-state index in [0.717, 1.165) is 25.0 Å². The molecule has 166 valence electrons. The van der Waals surface area contributed by atoms with Crippen LogP contribution in [0.2, 0.25) is 0 Å². The lowest BCUT2D eigenvalue weighted by molar-refractivity contribution is 0.0790. The van der Waals surface area contributed by atoms with Gasteiger partial charge in [0.05, 0.1) is 14.2 Å². The smallest absolute Gasteiger partial charge is 0.253 e. The fraction of sp³-hybridized carbons (Fsp3) is 0.435. The van der Waals surface area contributed by atoms with Crippen LogP contribution in [-0.4, -0.2) is 63.9 Å². The summed E-state index contributed by atoms with van der Waals surface area (Å²) in [6, 6.07) is 12.6. The highest BCUT2D eigenvalue weighted by atomic mass is 32.2. The van der Waals surface area contributed by atoms with E-state index < -0.39 is 10.0 Å². The molecule has 0 radical (unpaired) electrons. The Morgan fingerprint density at radius 3 is 2.32 bits per heavy atom. The number of nitrogens with zero attached hydrogens (tertiary/aromatic N) is 2. The first-order chi connectivity index (χ1) is 14.9. The van der Waals surface area contributed by atoms with Crippen LogP contribution in [0.15, 0.2) is 47.4 Å². The zero-order chi connectivity index (χ0) is 22.0. The van der Waals surface area contributed by atoms with E-state index in [4.69, 9.17) is 9.47 Å². The lowest BCUT2D eigenvalue weighted by Gasteiger charge is -2.20. The molecule has 0 bridgehead atoms. The second kappa shape index (κ2) is 8.88. The molecule has 2 aliphatic heterocycles. The van der Waals surface area contributed by atoms with Crippen molar-refractivity contribution in [2.24, 2.45) is 0 Å². The number of sulfonamides is 1. The molecule has 0 aromatic heterocycles. The first-order valence-corrected chi connectivity index (χ1v) is 12.0. The number of benzene rings is 2. The zero-order valence-electron chi connectivity index (χ0n) is 17.9. The van der Waals surface area contributed by atoms with Gasteiger partial charge >= 0.3 is 0 Å². The highest BCUT2D eigenvalue weighted by Gasteiger charge is 2.32. The van der Waals surface area contributed by atoms with Gasteiger partial charge in [0.1, 0.15) is 16.4 Å². The molecule has 2 saturated heterocycles. The third kappa shape index (κ3) is 4.27. The summed E-state index contributed by atoms with van der Waals surface area (Å²) < 4.78 is 38.2. The predicted octanol–water partition coefficient (Wildman–Crippen LogP) is 3.12. The van der Waals surface area contributed by atoms with Gasteiger partial charge in [-0.25, -0.2) is 8.42 Å². The number of carbonyl (C=O) groups excluding carboxylic acids is 1. The molecule has 0 aliphatic carbocycles. The number of likely N-dealkylation sites (tertiary alicyclic amines) is 1. The Labute approximate surface area is 183 Å². The van der Waals surface area contributed by atoms with Crippen LogP contribution in [-0.2, 0) is 10.0 Å². The Balaban J connectivity index is 1.54. The Hall–Kier alpha value is -2.58. The Morgan fingerprint density at radius 2 is 1.68 bits per heavy atom. The highest BCUT2D eigenvalue weighted by molar-refractivity contribution is 7.89. The van der Waals surface area contributed by atoms with Gasteiger partial charge in [0, 0.05) is 37.7 Å². The second-order valence-electron chi connectivity index (χ2n) is 7.99. The first kappa shape index (κ1) is 21.6. The van der Waals surface area contributed by atoms with Crippen molar-refractivity contribution >= 4 is 15.9 Å². The van der Waals surface area contributed by atoms with Crippen molar-refractivity contribution in [2.75, 3.05) is 40.4 Å². The van der Waals surface area contributed by atoms with Gasteiger partial charge in [-0.1, -0.05) is 12.1 Å². The highest BCUT2D eigenvalue weighted by Crippen LogP contribution is 2.32. The second-order valence-corrected chi connectivity index (χ2v) is 9.89.